The number of H-pyrrole nitrogens is 1. The van der Waals surface area contributed by atoms with Crippen LogP contribution in [0.3, 0.4) is 0 Å². The zero-order valence-electron chi connectivity index (χ0n) is 22.8. The van der Waals surface area contributed by atoms with Crippen molar-refractivity contribution in [2.75, 3.05) is 33.3 Å². The number of benzene rings is 1. The Morgan fingerprint density at radius 3 is 2.67 bits per heavy atom. The molecule has 5 rings (SSSR count). The Morgan fingerprint density at radius 1 is 1.23 bits per heavy atom. The Morgan fingerprint density at radius 2 is 2.00 bits per heavy atom. The molecule has 212 valence electrons. The zero-order valence-corrected chi connectivity index (χ0v) is 22.8. The molecule has 2 aliphatic heterocycles. The van der Waals surface area contributed by atoms with Crippen LogP contribution in [0.4, 0.5) is 0 Å². The molecule has 1 unspecified atom stereocenters. The van der Waals surface area contributed by atoms with Gasteiger partial charge in [-0.05, 0) is 16.6 Å². The van der Waals surface area contributed by atoms with Crippen molar-refractivity contribution < 1.29 is 28.8 Å². The van der Waals surface area contributed by atoms with E-state index in [9.17, 15) is 19.5 Å². The fraction of sp³-hybridized carbons (Fsp3) is 0.464. The number of aromatic nitrogens is 3. The molecule has 3 amide bonds. The van der Waals surface area contributed by atoms with Crippen LogP contribution in [-0.4, -0.2) is 92.0 Å². The molecule has 3 aromatic rings. The Labute approximate surface area is 231 Å². The monoisotopic (exact) mass is 550 g/mol. The number of rotatable bonds is 8. The highest BCUT2D eigenvalue weighted by atomic mass is 16.5. The predicted molar refractivity (Wildman–Crippen MR) is 142 cm³/mol. The van der Waals surface area contributed by atoms with Crippen molar-refractivity contribution in [3.05, 3.63) is 65.4 Å². The summed E-state index contributed by atoms with van der Waals surface area (Å²) in [6.45, 7) is 5.24. The third kappa shape index (κ3) is 5.57. The molecular weight excluding hydrogens is 516 g/mol. The fourth-order valence-corrected chi connectivity index (χ4v) is 5.38. The molecule has 4 heterocycles. The molecule has 2 aliphatic rings. The summed E-state index contributed by atoms with van der Waals surface area (Å²) in [4.78, 5) is 52.0. The van der Waals surface area contributed by atoms with Gasteiger partial charge in [0.05, 0.1) is 25.5 Å². The first kappa shape index (κ1) is 27.4. The number of carbonyl (C=O) groups excluding carboxylic acids is 3. The molecule has 2 N–H and O–H groups in total. The molecule has 40 heavy (non-hydrogen) atoms. The van der Waals surface area contributed by atoms with Crippen molar-refractivity contribution in [1.82, 2.24) is 29.8 Å². The number of hydrogen-bond acceptors (Lipinski definition) is 8. The Bertz CT molecular complexity index is 1350. The summed E-state index contributed by atoms with van der Waals surface area (Å²) >= 11 is 0. The molecule has 2 saturated heterocycles. The normalized spacial score (nSPS) is 20.3. The van der Waals surface area contributed by atoms with E-state index in [4.69, 9.17) is 9.26 Å². The van der Waals surface area contributed by atoms with Crippen LogP contribution in [0.5, 0.6) is 5.88 Å². The van der Waals surface area contributed by atoms with E-state index in [0.717, 1.165) is 5.56 Å². The molecule has 12 nitrogen and oxygen atoms in total. The Hall–Kier alpha value is -4.19. The number of piperazine rings is 1. The number of β-amino-alcohol motifs (C(OH)–C–C–N with tert-alkyl or cyclic N) is 1. The number of aliphatic hydroxyl groups is 1. The van der Waals surface area contributed by atoms with E-state index in [1.807, 2.05) is 44.2 Å². The van der Waals surface area contributed by atoms with Crippen LogP contribution in [0, 0.1) is 5.92 Å². The molecule has 12 heteroatoms. The van der Waals surface area contributed by atoms with Crippen LogP contribution >= 0.6 is 0 Å². The average Bonchev–Trinajstić information content (AvgIpc) is 3.70. The lowest BCUT2D eigenvalue weighted by molar-refractivity contribution is -0.136. The van der Waals surface area contributed by atoms with Crippen molar-refractivity contribution in [3.63, 3.8) is 0 Å². The smallest absolute Gasteiger partial charge is 0.272 e. The van der Waals surface area contributed by atoms with Crippen molar-refractivity contribution in [2.45, 2.75) is 44.9 Å². The molecular formula is C28H34N6O6. The summed E-state index contributed by atoms with van der Waals surface area (Å²) in [6, 6.07) is 10.8. The van der Waals surface area contributed by atoms with Gasteiger partial charge in [0.1, 0.15) is 24.0 Å². The van der Waals surface area contributed by atoms with Crippen molar-refractivity contribution in [2.24, 2.45) is 5.92 Å². The SMILES string of the molecule is COc1cc(C(C(=O)N2C[C@H](O)C[C@H]2c2ncc(C(=O)N3CCN(Cc4ccccc4)C(=O)C3)[nH]2)C(C)C)on1. The number of likely N-dealkylation sites (tertiary alicyclic amines) is 1. The van der Waals surface area contributed by atoms with Gasteiger partial charge in [0.15, 0.2) is 5.76 Å². The number of nitrogens with zero attached hydrogens (tertiary/aromatic N) is 5. The number of imidazole rings is 1. The molecule has 0 saturated carbocycles. The van der Waals surface area contributed by atoms with E-state index >= 15 is 0 Å². The Kier molecular flexibility index (Phi) is 7.88. The van der Waals surface area contributed by atoms with E-state index in [1.165, 1.54) is 18.2 Å². The van der Waals surface area contributed by atoms with E-state index in [2.05, 4.69) is 15.1 Å². The molecule has 0 aliphatic carbocycles. The molecule has 3 atom stereocenters. The number of aliphatic hydroxyl groups excluding tert-OH is 1. The lowest BCUT2D eigenvalue weighted by Crippen LogP contribution is -2.51. The lowest BCUT2D eigenvalue weighted by atomic mass is 9.91. The second-order valence-corrected chi connectivity index (χ2v) is 10.6. The standard InChI is InChI=1S/C28H34N6O6/c1-17(2)25(22-12-23(39-3)31-40-22)28(38)34-15-19(35)11-21(34)26-29-13-20(30-26)27(37)33-10-9-32(24(36)16-33)14-18-7-5-4-6-8-18/h4-8,12-13,17,19,21,25,35H,9-11,14-16H2,1-3H3,(H,29,30)/t19-,21+,25?/m1/s1. The van der Waals surface area contributed by atoms with E-state index in [1.54, 1.807) is 15.9 Å². The van der Waals surface area contributed by atoms with Gasteiger partial charge in [-0.2, -0.15) is 0 Å². The van der Waals surface area contributed by atoms with Gasteiger partial charge in [0, 0.05) is 38.7 Å². The van der Waals surface area contributed by atoms with Gasteiger partial charge >= 0.3 is 0 Å². The molecule has 0 bridgehead atoms. The minimum atomic E-state index is -0.745. The third-order valence-electron chi connectivity index (χ3n) is 7.48. The van der Waals surface area contributed by atoms with Crippen LogP contribution in [0.25, 0.3) is 0 Å². The van der Waals surface area contributed by atoms with Crippen LogP contribution < -0.4 is 4.74 Å². The van der Waals surface area contributed by atoms with E-state index in [-0.39, 0.29) is 54.7 Å². The van der Waals surface area contributed by atoms with Crippen LogP contribution in [0.15, 0.2) is 47.1 Å². The molecule has 0 radical (unpaired) electrons. The summed E-state index contributed by atoms with van der Waals surface area (Å²) in [7, 11) is 1.47. The first-order valence-corrected chi connectivity index (χ1v) is 13.4. The first-order valence-electron chi connectivity index (χ1n) is 13.4. The highest BCUT2D eigenvalue weighted by Gasteiger charge is 2.42. The van der Waals surface area contributed by atoms with Crippen LogP contribution in [0.2, 0.25) is 0 Å². The first-order chi connectivity index (χ1) is 19.2. The van der Waals surface area contributed by atoms with E-state index < -0.39 is 18.1 Å². The van der Waals surface area contributed by atoms with Crippen molar-refractivity contribution in [1.29, 1.82) is 0 Å². The van der Waals surface area contributed by atoms with Gasteiger partial charge in [-0.15, -0.1) is 0 Å². The summed E-state index contributed by atoms with van der Waals surface area (Å²) in [6.07, 6.45) is 0.951. The highest BCUT2D eigenvalue weighted by molar-refractivity contribution is 5.95. The number of nitrogens with one attached hydrogen (secondary N) is 1. The van der Waals surface area contributed by atoms with Crippen LogP contribution in [0.1, 0.15) is 59.9 Å². The average molecular weight is 551 g/mol. The number of hydrogen-bond donors (Lipinski definition) is 2. The van der Waals surface area contributed by atoms with Gasteiger partial charge in [0.25, 0.3) is 11.8 Å². The van der Waals surface area contributed by atoms with Crippen molar-refractivity contribution in [3.8, 4) is 5.88 Å². The summed E-state index contributed by atoms with van der Waals surface area (Å²) in [5.41, 5.74) is 1.27. The quantitative estimate of drug-likeness (QED) is 0.433. The van der Waals surface area contributed by atoms with E-state index in [0.29, 0.717) is 31.2 Å². The number of aromatic amines is 1. The van der Waals surface area contributed by atoms with Gasteiger partial charge in [-0.3, -0.25) is 14.4 Å². The number of ether oxygens (including phenoxy) is 1. The predicted octanol–water partition coefficient (Wildman–Crippen LogP) is 1.96. The minimum absolute atomic E-state index is 0.0243. The second-order valence-electron chi connectivity index (χ2n) is 10.6. The second kappa shape index (κ2) is 11.5. The van der Waals surface area contributed by atoms with Gasteiger partial charge in [-0.1, -0.05) is 44.2 Å². The molecule has 0 spiro atoms. The zero-order chi connectivity index (χ0) is 28.4. The van der Waals surface area contributed by atoms with Crippen LogP contribution in [-0.2, 0) is 16.1 Å². The maximum atomic E-state index is 13.7. The summed E-state index contributed by atoms with van der Waals surface area (Å²) < 4.78 is 10.5. The maximum Gasteiger partial charge on any atom is 0.272 e. The number of methoxy groups -OCH3 is 1. The highest BCUT2D eigenvalue weighted by Crippen LogP contribution is 2.37. The van der Waals surface area contributed by atoms with Gasteiger partial charge in [-0.25, -0.2) is 4.98 Å². The third-order valence-corrected chi connectivity index (χ3v) is 7.48. The number of amides is 3. The van der Waals surface area contributed by atoms with Crippen molar-refractivity contribution >= 4 is 17.7 Å². The summed E-state index contributed by atoms with van der Waals surface area (Å²) in [5, 5.41) is 14.3. The lowest BCUT2D eigenvalue weighted by Gasteiger charge is -2.34. The maximum absolute atomic E-state index is 13.7. The van der Waals surface area contributed by atoms with Gasteiger partial charge in [0.2, 0.25) is 11.8 Å². The summed E-state index contributed by atoms with van der Waals surface area (Å²) in [5.74, 6) is -0.392. The largest absolute Gasteiger partial charge is 0.479 e. The Balaban J connectivity index is 1.27. The molecule has 1 aromatic carbocycles. The molecule has 2 fully saturated rings. The molecule has 2 aromatic heterocycles. The van der Waals surface area contributed by atoms with Gasteiger partial charge < -0.3 is 34.1 Å². The topological polar surface area (TPSA) is 145 Å². The fourth-order valence-electron chi connectivity index (χ4n) is 5.38. The minimum Gasteiger partial charge on any atom is -0.479 e. The number of carbonyl (C=O) groups is 3.